The highest BCUT2D eigenvalue weighted by Crippen LogP contribution is 2.36. The van der Waals surface area contributed by atoms with Crippen LogP contribution in [0.15, 0.2) is 48.5 Å². The van der Waals surface area contributed by atoms with E-state index in [1.54, 1.807) is 0 Å². The van der Waals surface area contributed by atoms with Gasteiger partial charge in [-0.1, -0.05) is 53.4 Å². The molecule has 1 aliphatic rings. The molecule has 1 heteroatoms. The number of hydrogen-bond donors (Lipinski definition) is 0. The van der Waals surface area contributed by atoms with E-state index in [4.69, 9.17) is 18.0 Å². The van der Waals surface area contributed by atoms with Gasteiger partial charge in [-0.25, -0.2) is 0 Å². The predicted molar refractivity (Wildman–Crippen MR) is 87.3 cm³/mol. The fourth-order valence-electron chi connectivity index (χ4n) is 2.42. The van der Waals surface area contributed by atoms with Gasteiger partial charge in [0.25, 0.3) is 0 Å². The summed E-state index contributed by atoms with van der Waals surface area (Å²) in [7, 11) is 0. The number of terminal acetylenes is 1. The van der Waals surface area contributed by atoms with Crippen molar-refractivity contribution in [3.63, 3.8) is 0 Å². The first-order chi connectivity index (χ1) is 9.67. The van der Waals surface area contributed by atoms with E-state index < -0.39 is 0 Å². The summed E-state index contributed by atoms with van der Waals surface area (Å²) in [6.07, 6.45) is 9.81. The first-order valence-corrected chi connectivity index (χ1v) is 6.82. The standard InChI is InChI=1S/C19H13Cl/c1-3-15-12-16(11-14-5-7-17(20)8-6-14)18-9-4-13(2)10-19(15)18/h1,4-12H,2H3. The highest BCUT2D eigenvalue weighted by atomic mass is 35.5. The molecule has 0 aliphatic heterocycles. The Labute approximate surface area is 124 Å². The molecule has 0 nitrogen and oxygen atoms in total. The molecule has 2 aromatic rings. The topological polar surface area (TPSA) is 0 Å². The summed E-state index contributed by atoms with van der Waals surface area (Å²) in [6, 6.07) is 14.2. The molecule has 96 valence electrons. The maximum Gasteiger partial charge on any atom is 0.0406 e. The average molecular weight is 277 g/mol. The molecule has 0 spiro atoms. The van der Waals surface area contributed by atoms with Crippen LogP contribution in [0.3, 0.4) is 0 Å². The summed E-state index contributed by atoms with van der Waals surface area (Å²) in [4.78, 5) is 0. The number of rotatable bonds is 1. The Morgan fingerprint density at radius 3 is 2.50 bits per heavy atom. The number of benzene rings is 2. The van der Waals surface area contributed by atoms with Crippen molar-refractivity contribution < 1.29 is 0 Å². The van der Waals surface area contributed by atoms with Crippen LogP contribution in [0.4, 0.5) is 0 Å². The highest BCUT2D eigenvalue weighted by molar-refractivity contribution is 6.30. The van der Waals surface area contributed by atoms with Gasteiger partial charge in [-0.05, 0) is 53.5 Å². The molecule has 0 saturated carbocycles. The van der Waals surface area contributed by atoms with Gasteiger partial charge in [-0.2, -0.15) is 0 Å². The first kappa shape index (κ1) is 12.8. The minimum absolute atomic E-state index is 0.745. The molecule has 20 heavy (non-hydrogen) atoms. The molecular formula is C19H13Cl. The van der Waals surface area contributed by atoms with Crippen LogP contribution in [0.5, 0.6) is 0 Å². The Kier molecular flexibility index (Phi) is 3.22. The Bertz CT molecular complexity index is 768. The molecule has 1 aliphatic carbocycles. The van der Waals surface area contributed by atoms with Gasteiger partial charge in [0.15, 0.2) is 0 Å². The van der Waals surface area contributed by atoms with Crippen LogP contribution in [0.2, 0.25) is 5.02 Å². The third-order valence-corrected chi connectivity index (χ3v) is 3.68. The van der Waals surface area contributed by atoms with Crippen LogP contribution in [0, 0.1) is 19.3 Å². The maximum atomic E-state index is 5.91. The second-order valence-corrected chi connectivity index (χ2v) is 5.34. The molecule has 0 atom stereocenters. The lowest BCUT2D eigenvalue weighted by molar-refractivity contribution is 1.44. The van der Waals surface area contributed by atoms with Crippen molar-refractivity contribution in [3.05, 3.63) is 75.8 Å². The van der Waals surface area contributed by atoms with Crippen LogP contribution in [0.25, 0.3) is 17.2 Å². The van der Waals surface area contributed by atoms with Crippen molar-refractivity contribution in [1.29, 1.82) is 0 Å². The molecule has 0 N–H and O–H groups in total. The largest absolute Gasteiger partial charge is 0.115 e. The van der Waals surface area contributed by atoms with Crippen molar-refractivity contribution in [3.8, 4) is 12.3 Å². The van der Waals surface area contributed by atoms with Gasteiger partial charge in [0, 0.05) is 10.6 Å². The maximum absolute atomic E-state index is 5.91. The predicted octanol–water partition coefficient (Wildman–Crippen LogP) is 5.22. The molecule has 0 fully saturated rings. The molecular weight excluding hydrogens is 264 g/mol. The minimum atomic E-state index is 0.745. The second-order valence-electron chi connectivity index (χ2n) is 4.90. The van der Waals surface area contributed by atoms with Gasteiger partial charge in [-0.15, -0.1) is 6.42 Å². The highest BCUT2D eigenvalue weighted by Gasteiger charge is 2.16. The van der Waals surface area contributed by atoms with Crippen molar-refractivity contribution in [2.45, 2.75) is 6.92 Å². The zero-order valence-corrected chi connectivity index (χ0v) is 11.9. The lowest BCUT2D eigenvalue weighted by Crippen LogP contribution is -1.85. The van der Waals surface area contributed by atoms with Crippen LogP contribution in [0.1, 0.15) is 22.3 Å². The Hall–Kier alpha value is -2.23. The quantitative estimate of drug-likeness (QED) is 0.627. The molecule has 0 bridgehead atoms. The van der Waals surface area contributed by atoms with Crippen LogP contribution in [-0.4, -0.2) is 0 Å². The zero-order chi connectivity index (χ0) is 14.1. The molecule has 0 saturated heterocycles. The molecule has 2 aromatic carbocycles. The van der Waals surface area contributed by atoms with Crippen molar-refractivity contribution in [2.24, 2.45) is 0 Å². The van der Waals surface area contributed by atoms with E-state index >= 15 is 0 Å². The van der Waals surface area contributed by atoms with Gasteiger partial charge in [0.2, 0.25) is 0 Å². The molecule has 3 rings (SSSR count). The van der Waals surface area contributed by atoms with Gasteiger partial charge in [0.05, 0.1) is 0 Å². The summed E-state index contributed by atoms with van der Waals surface area (Å²) >= 11 is 5.91. The SMILES string of the molecule is C#CC1=CC(=Cc2ccc(Cl)cc2)c2ccc(C)cc21. The Morgan fingerprint density at radius 1 is 1.05 bits per heavy atom. The van der Waals surface area contributed by atoms with Crippen molar-refractivity contribution in [2.75, 3.05) is 0 Å². The number of allylic oxidation sites excluding steroid dienone is 3. The number of hydrogen-bond acceptors (Lipinski definition) is 0. The molecule has 0 amide bonds. The van der Waals surface area contributed by atoms with Crippen LogP contribution in [-0.2, 0) is 0 Å². The van der Waals surface area contributed by atoms with E-state index in [2.05, 4.69) is 43.2 Å². The summed E-state index contributed by atoms with van der Waals surface area (Å²) in [5.41, 5.74) is 6.77. The molecule has 0 radical (unpaired) electrons. The number of aryl methyl sites for hydroxylation is 1. The smallest absolute Gasteiger partial charge is 0.0406 e. The molecule has 0 unspecified atom stereocenters. The average Bonchev–Trinajstić information content (AvgIpc) is 2.78. The van der Waals surface area contributed by atoms with E-state index in [0.717, 1.165) is 27.3 Å². The third-order valence-electron chi connectivity index (χ3n) is 3.42. The molecule has 0 heterocycles. The number of halogens is 1. The normalized spacial score (nSPS) is 14.8. The lowest BCUT2D eigenvalue weighted by atomic mass is 10.0. The van der Waals surface area contributed by atoms with Crippen LogP contribution < -0.4 is 0 Å². The Balaban J connectivity index is 2.11. The lowest BCUT2D eigenvalue weighted by Gasteiger charge is -2.04. The minimum Gasteiger partial charge on any atom is -0.115 e. The zero-order valence-electron chi connectivity index (χ0n) is 11.2. The van der Waals surface area contributed by atoms with E-state index in [1.165, 1.54) is 11.1 Å². The van der Waals surface area contributed by atoms with Gasteiger partial charge >= 0.3 is 0 Å². The summed E-state index contributed by atoms with van der Waals surface area (Å²) in [5.74, 6) is 2.77. The first-order valence-electron chi connectivity index (χ1n) is 6.44. The summed E-state index contributed by atoms with van der Waals surface area (Å²) in [5, 5.41) is 0.745. The summed E-state index contributed by atoms with van der Waals surface area (Å²) in [6.45, 7) is 2.08. The fourth-order valence-corrected chi connectivity index (χ4v) is 2.55. The van der Waals surface area contributed by atoms with Crippen molar-refractivity contribution in [1.82, 2.24) is 0 Å². The van der Waals surface area contributed by atoms with E-state index in [0.29, 0.717) is 0 Å². The second kappa shape index (κ2) is 5.04. The van der Waals surface area contributed by atoms with E-state index in [1.807, 2.05) is 24.3 Å². The Morgan fingerprint density at radius 2 is 1.80 bits per heavy atom. The van der Waals surface area contributed by atoms with E-state index in [9.17, 15) is 0 Å². The molecule has 0 aromatic heterocycles. The van der Waals surface area contributed by atoms with E-state index in [-0.39, 0.29) is 0 Å². The fraction of sp³-hybridized carbons (Fsp3) is 0.0526. The monoisotopic (exact) mass is 276 g/mol. The van der Waals surface area contributed by atoms with Gasteiger partial charge < -0.3 is 0 Å². The third kappa shape index (κ3) is 2.29. The van der Waals surface area contributed by atoms with Gasteiger partial charge in [0.1, 0.15) is 0 Å². The van der Waals surface area contributed by atoms with Crippen molar-refractivity contribution >= 4 is 28.8 Å². The summed E-state index contributed by atoms with van der Waals surface area (Å²) < 4.78 is 0. The number of fused-ring (bicyclic) bond motifs is 1. The van der Waals surface area contributed by atoms with Gasteiger partial charge in [-0.3, -0.25) is 0 Å². The van der Waals surface area contributed by atoms with Crippen LogP contribution >= 0.6 is 11.6 Å².